The van der Waals surface area contributed by atoms with Crippen LogP contribution < -0.4 is 14.2 Å². The standard InChI is InChI=1S/C33H30F3N3O6/c1-41-15-14-39-27-17-22(32(40)43-3)12-13-26(27)37-29(39)18-20-10-11-21(16-24(20)34)25-7-5-9-30(38-25)44-19-23-6-4-8-28(31(23)42-2)45-33(35)36/h4-13,16-17,33H,14-15,18-19H2,1-3H3. The average Bonchev–Trinajstić information content (AvgIpc) is 3.39. The molecule has 5 rings (SSSR count). The molecule has 0 unspecified atom stereocenters. The van der Waals surface area contributed by atoms with Crippen LogP contribution in [0.5, 0.6) is 17.4 Å². The summed E-state index contributed by atoms with van der Waals surface area (Å²) in [6, 6.07) is 19.6. The lowest BCUT2D eigenvalue weighted by Crippen LogP contribution is -2.10. The topological polar surface area (TPSA) is 93.9 Å². The van der Waals surface area contributed by atoms with Crippen molar-refractivity contribution in [1.82, 2.24) is 14.5 Å². The highest BCUT2D eigenvalue weighted by atomic mass is 19.3. The van der Waals surface area contributed by atoms with Crippen LogP contribution in [0.1, 0.15) is 27.3 Å². The largest absolute Gasteiger partial charge is 0.492 e. The normalized spacial score (nSPS) is 11.2. The second kappa shape index (κ2) is 14.1. The highest BCUT2D eigenvalue weighted by Crippen LogP contribution is 2.33. The van der Waals surface area contributed by atoms with Crippen molar-refractivity contribution < 1.29 is 41.7 Å². The van der Waals surface area contributed by atoms with E-state index in [0.29, 0.717) is 58.0 Å². The Kier molecular flexibility index (Phi) is 9.83. The number of nitrogens with zero attached hydrogens (tertiary/aromatic N) is 3. The third-order valence-corrected chi connectivity index (χ3v) is 7.04. The summed E-state index contributed by atoms with van der Waals surface area (Å²) >= 11 is 0. The summed E-state index contributed by atoms with van der Waals surface area (Å²) in [5.41, 5.74) is 3.68. The van der Waals surface area contributed by atoms with Gasteiger partial charge < -0.3 is 28.3 Å². The summed E-state index contributed by atoms with van der Waals surface area (Å²) in [6.07, 6.45) is 0.199. The van der Waals surface area contributed by atoms with Gasteiger partial charge in [0.25, 0.3) is 0 Å². The number of methoxy groups -OCH3 is 3. The molecule has 234 valence electrons. The van der Waals surface area contributed by atoms with E-state index in [1.54, 1.807) is 67.8 Å². The van der Waals surface area contributed by atoms with Crippen molar-refractivity contribution in [2.24, 2.45) is 0 Å². The minimum atomic E-state index is -3.00. The number of halogens is 3. The molecule has 0 radical (unpaired) electrons. The van der Waals surface area contributed by atoms with Crippen LogP contribution in [-0.2, 0) is 29.0 Å². The molecule has 0 fully saturated rings. The van der Waals surface area contributed by atoms with Crippen LogP contribution in [0.2, 0.25) is 0 Å². The van der Waals surface area contributed by atoms with Crippen molar-refractivity contribution in [2.75, 3.05) is 27.9 Å². The Morgan fingerprint density at radius 1 is 0.933 bits per heavy atom. The van der Waals surface area contributed by atoms with Gasteiger partial charge in [0.2, 0.25) is 5.88 Å². The van der Waals surface area contributed by atoms with Crippen molar-refractivity contribution in [3.8, 4) is 28.6 Å². The lowest BCUT2D eigenvalue weighted by atomic mass is 10.1. The zero-order valence-corrected chi connectivity index (χ0v) is 24.8. The van der Waals surface area contributed by atoms with Crippen molar-refractivity contribution in [3.63, 3.8) is 0 Å². The summed E-state index contributed by atoms with van der Waals surface area (Å²) in [5, 5.41) is 0. The molecule has 45 heavy (non-hydrogen) atoms. The van der Waals surface area contributed by atoms with Gasteiger partial charge in [-0.3, -0.25) is 0 Å². The van der Waals surface area contributed by atoms with Crippen LogP contribution in [-0.4, -0.2) is 55.1 Å². The third-order valence-electron chi connectivity index (χ3n) is 7.04. The zero-order valence-electron chi connectivity index (χ0n) is 24.8. The first kappa shape index (κ1) is 31.3. The number of hydrogen-bond donors (Lipinski definition) is 0. The molecule has 0 N–H and O–H groups in total. The molecule has 0 amide bonds. The first-order valence-electron chi connectivity index (χ1n) is 13.9. The zero-order chi connectivity index (χ0) is 31.9. The second-order valence-electron chi connectivity index (χ2n) is 9.83. The van der Waals surface area contributed by atoms with Crippen molar-refractivity contribution in [1.29, 1.82) is 0 Å². The maximum Gasteiger partial charge on any atom is 0.387 e. The van der Waals surface area contributed by atoms with E-state index in [-0.39, 0.29) is 30.4 Å². The Morgan fingerprint density at radius 3 is 2.49 bits per heavy atom. The number of alkyl halides is 2. The van der Waals surface area contributed by atoms with Crippen molar-refractivity contribution in [2.45, 2.75) is 26.2 Å². The van der Waals surface area contributed by atoms with Gasteiger partial charge in [0.1, 0.15) is 18.2 Å². The predicted molar refractivity (Wildman–Crippen MR) is 159 cm³/mol. The van der Waals surface area contributed by atoms with E-state index in [4.69, 9.17) is 23.9 Å². The number of pyridine rings is 1. The van der Waals surface area contributed by atoms with Gasteiger partial charge in [-0.15, -0.1) is 0 Å². The van der Waals surface area contributed by atoms with Crippen LogP contribution >= 0.6 is 0 Å². The molecule has 0 aliphatic heterocycles. The lowest BCUT2D eigenvalue weighted by molar-refractivity contribution is -0.0513. The van der Waals surface area contributed by atoms with E-state index < -0.39 is 18.4 Å². The van der Waals surface area contributed by atoms with E-state index in [1.165, 1.54) is 26.4 Å². The first-order valence-corrected chi connectivity index (χ1v) is 13.9. The molecule has 0 aliphatic rings. The Labute approximate surface area is 257 Å². The second-order valence-corrected chi connectivity index (χ2v) is 9.83. The van der Waals surface area contributed by atoms with Gasteiger partial charge in [0.15, 0.2) is 11.5 Å². The smallest absolute Gasteiger partial charge is 0.387 e. The summed E-state index contributed by atoms with van der Waals surface area (Å²) in [5.74, 6) is -0.0183. The Hall–Kier alpha value is -5.10. The van der Waals surface area contributed by atoms with Crippen LogP contribution in [0, 0.1) is 5.82 Å². The molecular weight excluding hydrogens is 591 g/mol. The van der Waals surface area contributed by atoms with Gasteiger partial charge in [-0.2, -0.15) is 8.78 Å². The van der Waals surface area contributed by atoms with Crippen LogP contribution in [0.3, 0.4) is 0 Å². The number of carbonyl (C=O) groups is 1. The summed E-state index contributed by atoms with van der Waals surface area (Å²) in [6.45, 7) is -2.18. The fraction of sp³-hybridized carbons (Fsp3) is 0.242. The molecule has 0 saturated heterocycles. The van der Waals surface area contributed by atoms with E-state index in [1.807, 2.05) is 4.57 Å². The van der Waals surface area contributed by atoms with Crippen molar-refractivity contribution >= 4 is 17.0 Å². The molecule has 2 heterocycles. The van der Waals surface area contributed by atoms with Crippen LogP contribution in [0.4, 0.5) is 13.2 Å². The van der Waals surface area contributed by atoms with E-state index in [9.17, 15) is 13.6 Å². The highest BCUT2D eigenvalue weighted by Gasteiger charge is 2.18. The Balaban J connectivity index is 1.36. The minimum absolute atomic E-state index is 0.0292. The number of imidazole rings is 1. The Bertz CT molecular complexity index is 1810. The number of carbonyl (C=O) groups excluding carboxylic acids is 1. The molecule has 0 aliphatic carbocycles. The number of para-hydroxylation sites is 1. The summed E-state index contributed by atoms with van der Waals surface area (Å²) in [4.78, 5) is 21.3. The maximum absolute atomic E-state index is 15.5. The number of ether oxygens (including phenoxy) is 5. The number of aromatic nitrogens is 3. The van der Waals surface area contributed by atoms with Gasteiger partial charge in [-0.25, -0.2) is 19.2 Å². The molecule has 0 saturated carbocycles. The van der Waals surface area contributed by atoms with Gasteiger partial charge in [-0.05, 0) is 42.0 Å². The molecule has 5 aromatic rings. The first-order chi connectivity index (χ1) is 21.8. The summed E-state index contributed by atoms with van der Waals surface area (Å²) < 4.78 is 68.7. The predicted octanol–water partition coefficient (Wildman–Crippen LogP) is 6.45. The fourth-order valence-corrected chi connectivity index (χ4v) is 4.91. The van der Waals surface area contributed by atoms with E-state index >= 15 is 4.39 Å². The highest BCUT2D eigenvalue weighted by molar-refractivity contribution is 5.93. The third kappa shape index (κ3) is 7.18. The molecule has 12 heteroatoms. The van der Waals surface area contributed by atoms with Crippen LogP contribution in [0.15, 0.2) is 72.8 Å². The monoisotopic (exact) mass is 621 g/mol. The number of esters is 1. The number of rotatable bonds is 13. The number of fused-ring (bicyclic) bond motifs is 1. The van der Waals surface area contributed by atoms with Gasteiger partial charge in [-0.1, -0.05) is 30.3 Å². The van der Waals surface area contributed by atoms with E-state index in [2.05, 4.69) is 9.72 Å². The molecule has 0 atom stereocenters. The number of benzene rings is 3. The molecule has 0 spiro atoms. The Morgan fingerprint density at radius 2 is 1.76 bits per heavy atom. The fourth-order valence-electron chi connectivity index (χ4n) is 4.91. The van der Waals surface area contributed by atoms with Gasteiger partial charge in [0, 0.05) is 37.3 Å². The van der Waals surface area contributed by atoms with E-state index in [0.717, 1.165) is 0 Å². The van der Waals surface area contributed by atoms with Crippen LogP contribution in [0.25, 0.3) is 22.3 Å². The molecule has 3 aromatic carbocycles. The minimum Gasteiger partial charge on any atom is -0.492 e. The molecule has 9 nitrogen and oxygen atoms in total. The molecule has 2 aromatic heterocycles. The van der Waals surface area contributed by atoms with Gasteiger partial charge >= 0.3 is 12.6 Å². The summed E-state index contributed by atoms with van der Waals surface area (Å²) in [7, 11) is 4.26. The SMILES string of the molecule is COCCn1c(Cc2ccc(-c3cccc(OCc4cccc(OC(F)F)c4OC)n3)cc2F)nc2ccc(C(=O)OC)cc21. The number of hydrogen-bond acceptors (Lipinski definition) is 8. The maximum atomic E-state index is 15.5. The quantitative estimate of drug-likeness (QED) is 0.139. The average molecular weight is 622 g/mol. The molecule has 0 bridgehead atoms. The van der Waals surface area contributed by atoms with Gasteiger partial charge in [0.05, 0.1) is 43.1 Å². The van der Waals surface area contributed by atoms with Crippen molar-refractivity contribution in [3.05, 3.63) is 101 Å². The molecular formula is C33H30F3N3O6. The lowest BCUT2D eigenvalue weighted by Gasteiger charge is -2.14.